The number of nitrogens with zero attached hydrogens (tertiary/aromatic N) is 1. The molecule has 0 amide bonds. The highest BCUT2D eigenvalue weighted by Gasteiger charge is 2.17. The summed E-state index contributed by atoms with van der Waals surface area (Å²) in [7, 11) is 0. The molecule has 1 nitrogen and oxygen atoms in total. The third kappa shape index (κ3) is 7.17. The molecule has 0 rings (SSSR count). The van der Waals surface area contributed by atoms with Crippen LogP contribution < -0.4 is 0 Å². The summed E-state index contributed by atoms with van der Waals surface area (Å²) < 4.78 is 0.878. The lowest BCUT2D eigenvalue weighted by Crippen LogP contribution is -2.31. The molecule has 0 aliphatic rings. The molecule has 17 heavy (non-hydrogen) atoms. The van der Waals surface area contributed by atoms with E-state index in [0.29, 0.717) is 0 Å². The van der Waals surface area contributed by atoms with E-state index in [-0.39, 0.29) is 0 Å². The molecule has 0 spiro atoms. The largest absolute Gasteiger partial charge is 0.246 e. The van der Waals surface area contributed by atoms with E-state index < -0.39 is 0 Å². The molecule has 0 bridgehead atoms. The molecule has 0 aromatic heterocycles. The van der Waals surface area contributed by atoms with Crippen molar-refractivity contribution in [1.29, 1.82) is 0 Å². The van der Waals surface area contributed by atoms with Gasteiger partial charge in [0.05, 0.1) is 6.54 Å². The number of allylic oxidation sites excluding steroid dienone is 3. The second kappa shape index (κ2) is 10.3. The van der Waals surface area contributed by atoms with Gasteiger partial charge in [0, 0.05) is 0 Å². The SMILES string of the molecule is CCC=C[N+](C=CCC)(C=CCC)CCCC. The number of hydrogen-bond acceptors (Lipinski definition) is 0. The molecule has 0 heterocycles. The molecule has 0 saturated carbocycles. The standard InChI is InChI=1S/C16H30N/c1-5-9-13-17(14-10-6-2,15-11-7-3)16-12-8-4/h9-11,13-15H,5-8,12,16H2,1-4H3/q+1. The molecule has 0 radical (unpaired) electrons. The van der Waals surface area contributed by atoms with Crippen LogP contribution in [0, 0.1) is 0 Å². The third-order valence-corrected chi connectivity index (χ3v) is 2.75. The summed E-state index contributed by atoms with van der Waals surface area (Å²) in [5.41, 5.74) is 0. The first-order chi connectivity index (χ1) is 8.24. The average molecular weight is 236 g/mol. The minimum atomic E-state index is 0.878. The van der Waals surface area contributed by atoms with Gasteiger partial charge in [0.1, 0.15) is 18.6 Å². The van der Waals surface area contributed by atoms with Crippen LogP contribution in [0.4, 0.5) is 0 Å². The van der Waals surface area contributed by atoms with E-state index in [1.165, 1.54) is 19.4 Å². The van der Waals surface area contributed by atoms with Crippen molar-refractivity contribution in [3.05, 3.63) is 36.8 Å². The fourth-order valence-electron chi connectivity index (χ4n) is 1.71. The first kappa shape index (κ1) is 16.2. The molecular formula is C16H30N+. The van der Waals surface area contributed by atoms with Gasteiger partial charge in [-0.1, -0.05) is 34.1 Å². The van der Waals surface area contributed by atoms with Gasteiger partial charge in [0.2, 0.25) is 0 Å². The predicted molar refractivity (Wildman–Crippen MR) is 78.3 cm³/mol. The minimum Gasteiger partial charge on any atom is -0.246 e. The Labute approximate surface area is 108 Å². The fraction of sp³-hybridized carbons (Fsp3) is 0.625. The zero-order valence-electron chi connectivity index (χ0n) is 12.2. The molecule has 0 aromatic rings. The van der Waals surface area contributed by atoms with E-state index in [1.54, 1.807) is 0 Å². The van der Waals surface area contributed by atoms with Gasteiger partial charge in [-0.05, 0) is 43.9 Å². The number of hydrogen-bond donors (Lipinski definition) is 0. The quantitative estimate of drug-likeness (QED) is 0.472. The van der Waals surface area contributed by atoms with Crippen molar-refractivity contribution in [3.8, 4) is 0 Å². The molecule has 0 N–H and O–H groups in total. The highest BCUT2D eigenvalue weighted by atomic mass is 15.3. The van der Waals surface area contributed by atoms with E-state index in [4.69, 9.17) is 0 Å². The number of quaternary nitrogens is 1. The van der Waals surface area contributed by atoms with Gasteiger partial charge in [-0.3, -0.25) is 0 Å². The summed E-state index contributed by atoms with van der Waals surface area (Å²) in [6, 6.07) is 0. The first-order valence-electron chi connectivity index (χ1n) is 7.14. The second-order valence-corrected chi connectivity index (χ2v) is 4.45. The molecule has 0 atom stereocenters. The topological polar surface area (TPSA) is 0 Å². The van der Waals surface area contributed by atoms with Crippen LogP contribution in [0.5, 0.6) is 0 Å². The highest BCUT2D eigenvalue weighted by molar-refractivity contribution is 4.88. The van der Waals surface area contributed by atoms with Crippen LogP contribution in [0.15, 0.2) is 36.8 Å². The van der Waals surface area contributed by atoms with Crippen LogP contribution in [-0.4, -0.2) is 11.0 Å². The van der Waals surface area contributed by atoms with Gasteiger partial charge in [-0.15, -0.1) is 0 Å². The summed E-state index contributed by atoms with van der Waals surface area (Å²) in [4.78, 5) is 0. The predicted octanol–water partition coefficient (Wildman–Crippen LogP) is 5.37. The second-order valence-electron chi connectivity index (χ2n) is 4.45. The Morgan fingerprint density at radius 2 is 1.12 bits per heavy atom. The highest BCUT2D eigenvalue weighted by Crippen LogP contribution is 2.15. The zero-order valence-corrected chi connectivity index (χ0v) is 12.2. The smallest absolute Gasteiger partial charge is 0.101 e. The summed E-state index contributed by atoms with van der Waals surface area (Å²) in [5, 5.41) is 0. The van der Waals surface area contributed by atoms with E-state index >= 15 is 0 Å². The van der Waals surface area contributed by atoms with Gasteiger partial charge >= 0.3 is 0 Å². The van der Waals surface area contributed by atoms with Gasteiger partial charge in [0.15, 0.2) is 0 Å². The zero-order chi connectivity index (χ0) is 13.0. The van der Waals surface area contributed by atoms with Crippen LogP contribution in [0.1, 0.15) is 59.8 Å². The van der Waals surface area contributed by atoms with Crippen molar-refractivity contribution in [2.24, 2.45) is 0 Å². The van der Waals surface area contributed by atoms with Crippen molar-refractivity contribution in [3.63, 3.8) is 0 Å². The Morgan fingerprint density at radius 3 is 1.41 bits per heavy atom. The van der Waals surface area contributed by atoms with Crippen LogP contribution in [-0.2, 0) is 0 Å². The monoisotopic (exact) mass is 236 g/mol. The van der Waals surface area contributed by atoms with Crippen molar-refractivity contribution >= 4 is 0 Å². The van der Waals surface area contributed by atoms with E-state index in [0.717, 1.165) is 23.7 Å². The third-order valence-electron chi connectivity index (χ3n) is 2.75. The Hall–Kier alpha value is -0.820. The lowest BCUT2D eigenvalue weighted by Gasteiger charge is -2.26. The average Bonchev–Trinajstić information content (AvgIpc) is 2.37. The molecule has 0 aliphatic carbocycles. The first-order valence-corrected chi connectivity index (χ1v) is 7.14. The lowest BCUT2D eigenvalue weighted by atomic mass is 10.2. The van der Waals surface area contributed by atoms with Crippen molar-refractivity contribution in [1.82, 2.24) is 0 Å². The van der Waals surface area contributed by atoms with E-state index in [9.17, 15) is 0 Å². The van der Waals surface area contributed by atoms with E-state index in [2.05, 4.69) is 64.5 Å². The Balaban J connectivity index is 4.96. The van der Waals surface area contributed by atoms with Crippen LogP contribution in [0.25, 0.3) is 0 Å². The van der Waals surface area contributed by atoms with Crippen LogP contribution >= 0.6 is 0 Å². The fourth-order valence-corrected chi connectivity index (χ4v) is 1.71. The van der Waals surface area contributed by atoms with E-state index in [1.807, 2.05) is 0 Å². The lowest BCUT2D eigenvalue weighted by molar-refractivity contribution is -0.774. The van der Waals surface area contributed by atoms with Gasteiger partial charge in [-0.2, -0.15) is 0 Å². The molecular weight excluding hydrogens is 206 g/mol. The van der Waals surface area contributed by atoms with Crippen LogP contribution in [0.2, 0.25) is 0 Å². The Bertz CT molecular complexity index is 212. The maximum Gasteiger partial charge on any atom is 0.101 e. The molecule has 0 aliphatic heterocycles. The Morgan fingerprint density at radius 1 is 0.706 bits per heavy atom. The normalized spacial score (nSPS) is 16.2. The number of unbranched alkanes of at least 4 members (excludes halogenated alkanes) is 1. The van der Waals surface area contributed by atoms with Crippen molar-refractivity contribution in [2.45, 2.75) is 59.8 Å². The van der Waals surface area contributed by atoms with Gasteiger partial charge in [-0.25, -0.2) is 4.48 Å². The van der Waals surface area contributed by atoms with Crippen LogP contribution in [0.3, 0.4) is 0 Å². The summed E-state index contributed by atoms with van der Waals surface area (Å²) in [6.07, 6.45) is 19.6. The minimum absolute atomic E-state index is 0.878. The maximum absolute atomic E-state index is 2.33. The molecule has 0 aromatic carbocycles. The molecule has 98 valence electrons. The molecule has 0 unspecified atom stereocenters. The summed E-state index contributed by atoms with van der Waals surface area (Å²) in [6.45, 7) is 10.00. The van der Waals surface area contributed by atoms with Gasteiger partial charge in [0.25, 0.3) is 0 Å². The van der Waals surface area contributed by atoms with Crippen molar-refractivity contribution < 1.29 is 4.48 Å². The molecule has 0 saturated heterocycles. The summed E-state index contributed by atoms with van der Waals surface area (Å²) >= 11 is 0. The van der Waals surface area contributed by atoms with Gasteiger partial charge < -0.3 is 0 Å². The summed E-state index contributed by atoms with van der Waals surface area (Å²) in [5.74, 6) is 0. The molecule has 1 heteroatoms. The Kier molecular flexibility index (Phi) is 9.84. The maximum atomic E-state index is 2.33. The molecule has 0 fully saturated rings. The number of rotatable bonds is 9. The van der Waals surface area contributed by atoms with Crippen molar-refractivity contribution in [2.75, 3.05) is 6.54 Å².